The standard InChI is InChI=1S/C10H9N3O2/c1-15-10(14)9-12-6-4-8(13-9)7-3-2-5-11-7/h2-6,11H,1H3. The fourth-order valence-corrected chi connectivity index (χ4v) is 1.19. The molecular formula is C10H9N3O2. The van der Waals surface area contributed by atoms with Crippen LogP contribution in [0.15, 0.2) is 30.6 Å². The summed E-state index contributed by atoms with van der Waals surface area (Å²) in [7, 11) is 1.30. The molecule has 0 saturated carbocycles. The van der Waals surface area contributed by atoms with Gasteiger partial charge in [-0.3, -0.25) is 0 Å². The molecule has 0 aliphatic rings. The van der Waals surface area contributed by atoms with E-state index >= 15 is 0 Å². The molecule has 0 fully saturated rings. The minimum absolute atomic E-state index is 0.0598. The van der Waals surface area contributed by atoms with Crippen molar-refractivity contribution in [3.63, 3.8) is 0 Å². The maximum absolute atomic E-state index is 11.2. The summed E-state index contributed by atoms with van der Waals surface area (Å²) in [6.07, 6.45) is 3.31. The van der Waals surface area contributed by atoms with Crippen molar-refractivity contribution in [1.29, 1.82) is 0 Å². The number of aromatic nitrogens is 3. The molecule has 0 aromatic carbocycles. The number of carbonyl (C=O) groups excluding carboxylic acids is 1. The molecule has 76 valence electrons. The number of carbonyl (C=O) groups is 1. The Bertz CT molecular complexity index is 465. The van der Waals surface area contributed by atoms with E-state index in [-0.39, 0.29) is 5.82 Å². The van der Waals surface area contributed by atoms with Crippen molar-refractivity contribution in [2.75, 3.05) is 7.11 Å². The monoisotopic (exact) mass is 203 g/mol. The lowest BCUT2D eigenvalue weighted by atomic mass is 10.3. The summed E-state index contributed by atoms with van der Waals surface area (Å²) < 4.78 is 4.53. The van der Waals surface area contributed by atoms with Gasteiger partial charge in [0.25, 0.3) is 0 Å². The highest BCUT2D eigenvalue weighted by Gasteiger charge is 2.10. The Morgan fingerprint density at radius 2 is 2.33 bits per heavy atom. The Hall–Kier alpha value is -2.17. The van der Waals surface area contributed by atoms with Crippen LogP contribution in [0, 0.1) is 0 Å². The van der Waals surface area contributed by atoms with E-state index in [2.05, 4.69) is 19.7 Å². The summed E-state index contributed by atoms with van der Waals surface area (Å²) >= 11 is 0. The minimum atomic E-state index is -0.539. The number of esters is 1. The molecule has 0 aliphatic carbocycles. The van der Waals surface area contributed by atoms with Crippen molar-refractivity contribution in [2.45, 2.75) is 0 Å². The van der Waals surface area contributed by atoms with Gasteiger partial charge in [0.2, 0.25) is 5.82 Å². The fraction of sp³-hybridized carbons (Fsp3) is 0.100. The van der Waals surface area contributed by atoms with Gasteiger partial charge in [-0.1, -0.05) is 0 Å². The van der Waals surface area contributed by atoms with Crippen LogP contribution in [-0.2, 0) is 4.74 Å². The van der Waals surface area contributed by atoms with Gasteiger partial charge in [0, 0.05) is 12.4 Å². The van der Waals surface area contributed by atoms with Crippen molar-refractivity contribution in [2.24, 2.45) is 0 Å². The van der Waals surface area contributed by atoms with E-state index in [1.807, 2.05) is 12.1 Å². The molecule has 2 rings (SSSR count). The van der Waals surface area contributed by atoms with Gasteiger partial charge in [-0.05, 0) is 18.2 Å². The minimum Gasteiger partial charge on any atom is -0.463 e. The van der Waals surface area contributed by atoms with E-state index in [1.165, 1.54) is 13.3 Å². The van der Waals surface area contributed by atoms with Crippen LogP contribution in [0.25, 0.3) is 11.4 Å². The second-order valence-corrected chi connectivity index (χ2v) is 2.84. The van der Waals surface area contributed by atoms with Gasteiger partial charge in [-0.2, -0.15) is 0 Å². The zero-order chi connectivity index (χ0) is 10.7. The summed E-state index contributed by atoms with van der Waals surface area (Å²) in [5.74, 6) is -0.479. The highest BCUT2D eigenvalue weighted by Crippen LogP contribution is 2.13. The van der Waals surface area contributed by atoms with E-state index in [0.29, 0.717) is 5.69 Å². The second kappa shape index (κ2) is 3.91. The Balaban J connectivity index is 2.39. The number of rotatable bonds is 2. The Kier molecular flexibility index (Phi) is 2.45. The zero-order valence-electron chi connectivity index (χ0n) is 8.10. The highest BCUT2D eigenvalue weighted by atomic mass is 16.5. The summed E-state index contributed by atoms with van der Waals surface area (Å²) in [6.45, 7) is 0. The van der Waals surface area contributed by atoms with Crippen LogP contribution in [0.3, 0.4) is 0 Å². The molecule has 0 saturated heterocycles. The smallest absolute Gasteiger partial charge is 0.376 e. The van der Waals surface area contributed by atoms with Crippen molar-refractivity contribution in [1.82, 2.24) is 15.0 Å². The molecule has 0 aliphatic heterocycles. The molecule has 1 N–H and O–H groups in total. The molecule has 5 nitrogen and oxygen atoms in total. The lowest BCUT2D eigenvalue weighted by Gasteiger charge is -1.99. The number of hydrogen-bond acceptors (Lipinski definition) is 4. The van der Waals surface area contributed by atoms with Crippen LogP contribution in [0.4, 0.5) is 0 Å². The first kappa shape index (κ1) is 9.39. The maximum Gasteiger partial charge on any atom is 0.376 e. The lowest BCUT2D eigenvalue weighted by Crippen LogP contribution is -2.07. The quantitative estimate of drug-likeness (QED) is 0.746. The third kappa shape index (κ3) is 1.85. The largest absolute Gasteiger partial charge is 0.463 e. The predicted molar refractivity (Wildman–Crippen MR) is 53.2 cm³/mol. The molecular weight excluding hydrogens is 194 g/mol. The van der Waals surface area contributed by atoms with Gasteiger partial charge < -0.3 is 9.72 Å². The van der Waals surface area contributed by atoms with Gasteiger partial charge in [0.1, 0.15) is 0 Å². The van der Waals surface area contributed by atoms with Crippen LogP contribution in [0.2, 0.25) is 0 Å². The summed E-state index contributed by atoms with van der Waals surface area (Å²) in [4.78, 5) is 22.1. The molecule has 0 atom stereocenters. The van der Waals surface area contributed by atoms with E-state index < -0.39 is 5.97 Å². The number of methoxy groups -OCH3 is 1. The molecule has 2 aromatic heterocycles. The Morgan fingerprint density at radius 1 is 1.47 bits per heavy atom. The SMILES string of the molecule is COC(=O)c1nccc(-c2ccc[nH]2)n1. The average molecular weight is 203 g/mol. The van der Waals surface area contributed by atoms with Crippen molar-refractivity contribution in [3.05, 3.63) is 36.4 Å². The van der Waals surface area contributed by atoms with Gasteiger partial charge in [0.05, 0.1) is 18.5 Å². The molecule has 2 heterocycles. The van der Waals surface area contributed by atoms with E-state index in [4.69, 9.17) is 0 Å². The van der Waals surface area contributed by atoms with Crippen molar-refractivity contribution >= 4 is 5.97 Å². The number of aromatic amines is 1. The van der Waals surface area contributed by atoms with Crippen LogP contribution in [0.5, 0.6) is 0 Å². The first-order chi connectivity index (χ1) is 7.31. The van der Waals surface area contributed by atoms with Gasteiger partial charge >= 0.3 is 5.97 Å². The first-order valence-corrected chi connectivity index (χ1v) is 4.36. The van der Waals surface area contributed by atoms with Crippen LogP contribution in [-0.4, -0.2) is 28.0 Å². The summed E-state index contributed by atoms with van der Waals surface area (Å²) in [6, 6.07) is 5.44. The zero-order valence-corrected chi connectivity index (χ0v) is 8.10. The number of hydrogen-bond donors (Lipinski definition) is 1. The highest BCUT2D eigenvalue weighted by molar-refractivity contribution is 5.85. The molecule has 0 radical (unpaired) electrons. The van der Waals surface area contributed by atoms with E-state index in [0.717, 1.165) is 5.69 Å². The van der Waals surface area contributed by atoms with Crippen LogP contribution >= 0.6 is 0 Å². The third-order valence-corrected chi connectivity index (χ3v) is 1.90. The Labute approximate surface area is 86.1 Å². The normalized spacial score (nSPS) is 9.93. The van der Waals surface area contributed by atoms with Gasteiger partial charge in [-0.15, -0.1) is 0 Å². The summed E-state index contributed by atoms with van der Waals surface area (Å²) in [5.41, 5.74) is 1.50. The Morgan fingerprint density at radius 3 is 3.00 bits per heavy atom. The maximum atomic E-state index is 11.2. The molecule has 5 heteroatoms. The molecule has 0 spiro atoms. The third-order valence-electron chi connectivity index (χ3n) is 1.90. The van der Waals surface area contributed by atoms with Crippen molar-refractivity contribution in [3.8, 4) is 11.4 Å². The van der Waals surface area contributed by atoms with Gasteiger partial charge in [0.15, 0.2) is 0 Å². The first-order valence-electron chi connectivity index (χ1n) is 4.36. The molecule has 15 heavy (non-hydrogen) atoms. The fourth-order valence-electron chi connectivity index (χ4n) is 1.19. The van der Waals surface area contributed by atoms with Crippen LogP contribution < -0.4 is 0 Å². The summed E-state index contributed by atoms with van der Waals surface area (Å²) in [5, 5.41) is 0. The number of nitrogens with zero attached hydrogens (tertiary/aromatic N) is 2. The predicted octanol–water partition coefficient (Wildman–Crippen LogP) is 1.26. The second-order valence-electron chi connectivity index (χ2n) is 2.84. The molecule has 0 bridgehead atoms. The molecule has 0 unspecified atom stereocenters. The topological polar surface area (TPSA) is 67.9 Å². The van der Waals surface area contributed by atoms with Crippen molar-refractivity contribution < 1.29 is 9.53 Å². The van der Waals surface area contributed by atoms with E-state index in [1.54, 1.807) is 12.3 Å². The average Bonchev–Trinajstić information content (AvgIpc) is 2.82. The van der Waals surface area contributed by atoms with Gasteiger partial charge in [-0.25, -0.2) is 14.8 Å². The van der Waals surface area contributed by atoms with E-state index in [9.17, 15) is 4.79 Å². The molecule has 2 aromatic rings. The number of H-pyrrole nitrogens is 1. The number of ether oxygens (including phenoxy) is 1. The van der Waals surface area contributed by atoms with Crippen LogP contribution in [0.1, 0.15) is 10.6 Å². The number of nitrogens with one attached hydrogen (secondary N) is 1. The molecule has 0 amide bonds. The lowest BCUT2D eigenvalue weighted by molar-refractivity contribution is 0.0587.